The lowest BCUT2D eigenvalue weighted by molar-refractivity contribution is -0.116. The van der Waals surface area contributed by atoms with E-state index in [0.717, 1.165) is 18.4 Å². The van der Waals surface area contributed by atoms with Gasteiger partial charge in [0.15, 0.2) is 5.16 Å². The lowest BCUT2D eigenvalue weighted by Gasteiger charge is -2.26. The molecule has 1 aliphatic rings. The molecule has 1 amide bonds. The van der Waals surface area contributed by atoms with Gasteiger partial charge in [0.05, 0.1) is 12.2 Å². The van der Waals surface area contributed by atoms with Gasteiger partial charge in [0.1, 0.15) is 11.6 Å². The van der Waals surface area contributed by atoms with Crippen molar-refractivity contribution in [1.29, 1.82) is 0 Å². The number of para-hydroxylation sites is 1. The highest BCUT2D eigenvalue weighted by atomic mass is 32.2. The van der Waals surface area contributed by atoms with Crippen LogP contribution < -0.4 is 15.6 Å². The Morgan fingerprint density at radius 1 is 1.12 bits per heavy atom. The third kappa shape index (κ3) is 4.88. The van der Waals surface area contributed by atoms with Crippen LogP contribution in [0.3, 0.4) is 0 Å². The van der Waals surface area contributed by atoms with Crippen LogP contribution in [0.4, 0.5) is 5.82 Å². The zero-order chi connectivity index (χ0) is 22.5. The van der Waals surface area contributed by atoms with E-state index in [1.165, 1.54) is 22.9 Å². The van der Waals surface area contributed by atoms with Gasteiger partial charge in [0.2, 0.25) is 5.91 Å². The van der Waals surface area contributed by atoms with Crippen molar-refractivity contribution in [3.63, 3.8) is 0 Å². The Hall–Kier alpha value is -3.06. The van der Waals surface area contributed by atoms with E-state index in [1.807, 2.05) is 36.4 Å². The Balaban J connectivity index is 1.64. The van der Waals surface area contributed by atoms with E-state index in [2.05, 4.69) is 41.3 Å². The molecule has 0 unspecified atom stereocenters. The first-order valence-electron chi connectivity index (χ1n) is 10.9. The standard InChI is InChI=1S/C25H27N3O3S/c1-3-4-13-31-20-12-8-7-11-18(20)19-14-21(29)26-23-22(19)24(30)28-25(27-23)32-15-17-10-6-5-9-16(17)2/h5-12,19H,3-4,13-15H2,1-2H3,(H2,26,27,28,29,30)/t19-/m1/s1. The van der Waals surface area contributed by atoms with Gasteiger partial charge in [-0.15, -0.1) is 0 Å². The summed E-state index contributed by atoms with van der Waals surface area (Å²) >= 11 is 1.45. The number of fused-ring (bicyclic) bond motifs is 1. The third-order valence-corrected chi connectivity index (χ3v) is 6.53. The molecule has 2 N–H and O–H groups in total. The minimum Gasteiger partial charge on any atom is -0.493 e. The third-order valence-electron chi connectivity index (χ3n) is 5.60. The molecule has 0 aliphatic carbocycles. The maximum absolute atomic E-state index is 13.1. The monoisotopic (exact) mass is 449 g/mol. The smallest absolute Gasteiger partial charge is 0.257 e. The average molecular weight is 450 g/mol. The number of aromatic amines is 1. The van der Waals surface area contributed by atoms with E-state index in [1.54, 1.807) is 0 Å². The van der Waals surface area contributed by atoms with Gasteiger partial charge in [-0.05, 0) is 30.5 Å². The number of benzene rings is 2. The molecule has 0 fully saturated rings. The Morgan fingerprint density at radius 3 is 2.72 bits per heavy atom. The fourth-order valence-electron chi connectivity index (χ4n) is 3.83. The second-order valence-corrected chi connectivity index (χ2v) is 8.86. The lowest BCUT2D eigenvalue weighted by atomic mass is 9.86. The van der Waals surface area contributed by atoms with Crippen LogP contribution in [0.2, 0.25) is 0 Å². The van der Waals surface area contributed by atoms with Crippen molar-refractivity contribution < 1.29 is 9.53 Å². The van der Waals surface area contributed by atoms with Crippen LogP contribution in [0.1, 0.15) is 54.4 Å². The van der Waals surface area contributed by atoms with Gasteiger partial charge >= 0.3 is 0 Å². The molecule has 2 aromatic carbocycles. The van der Waals surface area contributed by atoms with E-state index in [4.69, 9.17) is 4.74 Å². The fraction of sp³-hybridized carbons (Fsp3) is 0.320. The van der Waals surface area contributed by atoms with Crippen LogP contribution in [-0.4, -0.2) is 22.5 Å². The van der Waals surface area contributed by atoms with Crippen LogP contribution in [0.5, 0.6) is 5.75 Å². The van der Waals surface area contributed by atoms with E-state index >= 15 is 0 Å². The highest BCUT2D eigenvalue weighted by Gasteiger charge is 2.32. The molecule has 32 heavy (non-hydrogen) atoms. The summed E-state index contributed by atoms with van der Waals surface area (Å²) < 4.78 is 5.97. The van der Waals surface area contributed by atoms with Gasteiger partial charge in [0, 0.05) is 23.7 Å². The first kappa shape index (κ1) is 22.1. The summed E-state index contributed by atoms with van der Waals surface area (Å²) in [4.78, 5) is 33.1. The molecule has 166 valence electrons. The Morgan fingerprint density at radius 2 is 1.91 bits per heavy atom. The molecule has 1 aliphatic heterocycles. The maximum Gasteiger partial charge on any atom is 0.257 e. The first-order chi connectivity index (χ1) is 15.6. The fourth-order valence-corrected chi connectivity index (χ4v) is 4.77. The van der Waals surface area contributed by atoms with Gasteiger partial charge < -0.3 is 15.0 Å². The minimum atomic E-state index is -0.400. The van der Waals surface area contributed by atoms with Crippen molar-refractivity contribution in [3.8, 4) is 5.75 Å². The predicted octanol–water partition coefficient (Wildman–Crippen LogP) is 5.02. The molecule has 7 heteroatoms. The molecule has 4 rings (SSSR count). The number of unbranched alkanes of at least 4 members (excludes halogenated alkanes) is 1. The Labute approximate surface area is 191 Å². The normalized spacial score (nSPS) is 15.2. The number of aromatic nitrogens is 2. The summed E-state index contributed by atoms with van der Waals surface area (Å²) in [7, 11) is 0. The van der Waals surface area contributed by atoms with E-state index < -0.39 is 5.92 Å². The number of H-pyrrole nitrogens is 1. The molecule has 2 heterocycles. The number of amides is 1. The van der Waals surface area contributed by atoms with Crippen LogP contribution in [-0.2, 0) is 10.5 Å². The number of anilines is 1. The summed E-state index contributed by atoms with van der Waals surface area (Å²) in [5, 5.41) is 3.29. The van der Waals surface area contributed by atoms with E-state index in [-0.39, 0.29) is 17.9 Å². The quantitative estimate of drug-likeness (QED) is 0.286. The summed E-state index contributed by atoms with van der Waals surface area (Å²) in [5.74, 6) is 1.18. The van der Waals surface area contributed by atoms with Gasteiger partial charge in [-0.25, -0.2) is 4.98 Å². The molecule has 0 saturated carbocycles. The lowest BCUT2D eigenvalue weighted by Crippen LogP contribution is -2.31. The maximum atomic E-state index is 13.1. The molecular weight excluding hydrogens is 422 g/mol. The van der Waals surface area contributed by atoms with E-state index in [0.29, 0.717) is 34.6 Å². The topological polar surface area (TPSA) is 84.1 Å². The van der Waals surface area contributed by atoms with Crippen LogP contribution in [0, 0.1) is 6.92 Å². The van der Waals surface area contributed by atoms with Crippen LogP contribution >= 0.6 is 11.8 Å². The van der Waals surface area contributed by atoms with Crippen molar-refractivity contribution in [2.45, 2.75) is 49.9 Å². The second-order valence-electron chi connectivity index (χ2n) is 7.89. The summed E-state index contributed by atoms with van der Waals surface area (Å²) in [6.45, 7) is 4.77. The molecule has 0 radical (unpaired) electrons. The molecule has 1 aromatic heterocycles. The molecule has 0 bridgehead atoms. The molecular formula is C25H27N3O3S. The second kappa shape index (κ2) is 10.0. The summed E-state index contributed by atoms with van der Waals surface area (Å²) in [5.41, 5.74) is 3.46. The van der Waals surface area contributed by atoms with Crippen molar-refractivity contribution in [3.05, 3.63) is 81.1 Å². The van der Waals surface area contributed by atoms with Crippen molar-refractivity contribution in [2.24, 2.45) is 0 Å². The molecule has 0 spiro atoms. The largest absolute Gasteiger partial charge is 0.493 e. The SMILES string of the molecule is CCCCOc1ccccc1[C@H]1CC(=O)Nc2nc(SCc3ccccc3C)[nH]c(=O)c21. The number of thioether (sulfide) groups is 1. The highest BCUT2D eigenvalue weighted by Crippen LogP contribution is 2.38. The number of hydrogen-bond acceptors (Lipinski definition) is 5. The first-order valence-corrected chi connectivity index (χ1v) is 11.9. The average Bonchev–Trinajstić information content (AvgIpc) is 2.78. The number of carbonyl (C=O) groups excluding carboxylic acids is 1. The number of nitrogens with one attached hydrogen (secondary N) is 2. The summed E-state index contributed by atoms with van der Waals surface area (Å²) in [6, 6.07) is 15.7. The van der Waals surface area contributed by atoms with Crippen molar-refractivity contribution in [2.75, 3.05) is 11.9 Å². The summed E-state index contributed by atoms with van der Waals surface area (Å²) in [6.07, 6.45) is 2.16. The van der Waals surface area contributed by atoms with Crippen LogP contribution in [0.25, 0.3) is 0 Å². The molecule has 0 saturated heterocycles. The van der Waals surface area contributed by atoms with Gasteiger partial charge in [-0.2, -0.15) is 0 Å². The van der Waals surface area contributed by atoms with Gasteiger partial charge in [-0.1, -0.05) is 67.6 Å². The van der Waals surface area contributed by atoms with E-state index in [9.17, 15) is 9.59 Å². The Kier molecular flexibility index (Phi) is 6.95. The number of carbonyl (C=O) groups is 1. The van der Waals surface area contributed by atoms with Crippen LogP contribution in [0.15, 0.2) is 58.5 Å². The number of rotatable bonds is 8. The highest BCUT2D eigenvalue weighted by molar-refractivity contribution is 7.98. The zero-order valence-electron chi connectivity index (χ0n) is 18.3. The molecule has 6 nitrogen and oxygen atoms in total. The van der Waals surface area contributed by atoms with Crippen molar-refractivity contribution >= 4 is 23.5 Å². The van der Waals surface area contributed by atoms with Gasteiger partial charge in [0.25, 0.3) is 5.56 Å². The predicted molar refractivity (Wildman–Crippen MR) is 128 cm³/mol. The number of aryl methyl sites for hydroxylation is 1. The van der Waals surface area contributed by atoms with Gasteiger partial charge in [-0.3, -0.25) is 9.59 Å². The zero-order valence-corrected chi connectivity index (χ0v) is 19.1. The molecule has 3 aromatic rings. The minimum absolute atomic E-state index is 0.154. The number of ether oxygens (including phenoxy) is 1. The molecule has 1 atom stereocenters. The van der Waals surface area contributed by atoms with Crippen molar-refractivity contribution in [1.82, 2.24) is 9.97 Å². The number of nitrogens with zero attached hydrogens (tertiary/aromatic N) is 1. The Bertz CT molecular complexity index is 1180. The number of hydrogen-bond donors (Lipinski definition) is 2.